The number of esters is 1. The van der Waals surface area contributed by atoms with Gasteiger partial charge in [0.15, 0.2) is 0 Å². The fourth-order valence-corrected chi connectivity index (χ4v) is 1.72. The van der Waals surface area contributed by atoms with Crippen molar-refractivity contribution in [1.82, 2.24) is 5.32 Å². The Kier molecular flexibility index (Phi) is 4.93. The molecule has 5 heteroatoms. The fourth-order valence-electron chi connectivity index (χ4n) is 1.72. The van der Waals surface area contributed by atoms with E-state index in [1.54, 1.807) is 18.2 Å². The van der Waals surface area contributed by atoms with Crippen molar-refractivity contribution < 1.29 is 19.1 Å². The van der Waals surface area contributed by atoms with E-state index in [4.69, 9.17) is 4.74 Å². The first-order valence-corrected chi connectivity index (χ1v) is 6.37. The Labute approximate surface area is 122 Å². The highest BCUT2D eigenvalue weighted by atomic mass is 16.6. The number of benzene rings is 2. The molecule has 0 aliphatic rings. The second-order valence-corrected chi connectivity index (χ2v) is 4.25. The molecule has 21 heavy (non-hydrogen) atoms. The summed E-state index contributed by atoms with van der Waals surface area (Å²) in [6.07, 6.45) is -0.583. The number of hydrogen-bond donors (Lipinski definition) is 1. The van der Waals surface area contributed by atoms with Crippen LogP contribution in [0.2, 0.25) is 0 Å². The normalized spacial score (nSPS) is 9.76. The summed E-state index contributed by atoms with van der Waals surface area (Å²) in [7, 11) is 1.29. The number of carbonyl (C=O) groups excluding carboxylic acids is 2. The van der Waals surface area contributed by atoms with Crippen LogP contribution in [0.3, 0.4) is 0 Å². The van der Waals surface area contributed by atoms with E-state index in [1.165, 1.54) is 13.2 Å². The number of carbonyl (C=O) groups is 2. The second-order valence-electron chi connectivity index (χ2n) is 4.25. The maximum Gasteiger partial charge on any atom is 0.412 e. The van der Waals surface area contributed by atoms with Crippen molar-refractivity contribution in [3.8, 4) is 5.75 Å². The topological polar surface area (TPSA) is 64.6 Å². The predicted octanol–water partition coefficient (Wildman–Crippen LogP) is 2.76. The molecule has 0 aliphatic carbocycles. The van der Waals surface area contributed by atoms with E-state index in [0.717, 1.165) is 5.56 Å². The van der Waals surface area contributed by atoms with Crippen molar-refractivity contribution in [3.63, 3.8) is 0 Å². The first kappa shape index (κ1) is 14.6. The molecule has 0 spiro atoms. The Hall–Kier alpha value is -2.82. The molecule has 0 aromatic heterocycles. The van der Waals surface area contributed by atoms with Crippen LogP contribution in [0.15, 0.2) is 54.6 Å². The summed E-state index contributed by atoms with van der Waals surface area (Å²) in [5, 5.41) is 2.63. The molecule has 2 aromatic carbocycles. The van der Waals surface area contributed by atoms with Gasteiger partial charge in [-0.2, -0.15) is 0 Å². The summed E-state index contributed by atoms with van der Waals surface area (Å²) in [5.41, 5.74) is 1.30. The second kappa shape index (κ2) is 7.09. The van der Waals surface area contributed by atoms with Gasteiger partial charge < -0.3 is 14.8 Å². The molecule has 2 rings (SSSR count). The Morgan fingerprint density at radius 1 is 1.05 bits per heavy atom. The van der Waals surface area contributed by atoms with Gasteiger partial charge in [-0.1, -0.05) is 36.4 Å². The quantitative estimate of drug-likeness (QED) is 0.877. The highest BCUT2D eigenvalue weighted by Crippen LogP contribution is 2.14. The molecule has 0 atom stereocenters. The van der Waals surface area contributed by atoms with E-state index in [2.05, 4.69) is 10.1 Å². The van der Waals surface area contributed by atoms with E-state index in [1.807, 2.05) is 30.3 Å². The number of methoxy groups -OCH3 is 1. The summed E-state index contributed by atoms with van der Waals surface area (Å²) in [5.74, 6) is -0.200. The zero-order valence-electron chi connectivity index (χ0n) is 11.5. The van der Waals surface area contributed by atoms with Crippen LogP contribution in [0, 0.1) is 0 Å². The zero-order valence-corrected chi connectivity index (χ0v) is 11.5. The van der Waals surface area contributed by atoms with Gasteiger partial charge in [0.2, 0.25) is 0 Å². The first-order chi connectivity index (χ1) is 10.2. The average molecular weight is 285 g/mol. The molecule has 1 N–H and O–H groups in total. The monoisotopic (exact) mass is 285 g/mol. The van der Waals surface area contributed by atoms with Crippen molar-refractivity contribution >= 4 is 12.1 Å². The minimum atomic E-state index is -0.583. The Morgan fingerprint density at radius 2 is 1.81 bits per heavy atom. The van der Waals surface area contributed by atoms with Crippen LogP contribution in [0.25, 0.3) is 0 Å². The number of ether oxygens (including phenoxy) is 2. The minimum Gasteiger partial charge on any atom is -0.465 e. The van der Waals surface area contributed by atoms with Crippen LogP contribution >= 0.6 is 0 Å². The van der Waals surface area contributed by atoms with Crippen molar-refractivity contribution in [2.24, 2.45) is 0 Å². The Bertz CT molecular complexity index is 625. The van der Waals surface area contributed by atoms with E-state index in [0.29, 0.717) is 12.1 Å². The zero-order chi connectivity index (χ0) is 15.1. The molecule has 0 unspecified atom stereocenters. The molecule has 0 saturated heterocycles. The van der Waals surface area contributed by atoms with E-state index < -0.39 is 12.1 Å². The number of amides is 1. The smallest absolute Gasteiger partial charge is 0.412 e. The molecule has 0 fully saturated rings. The van der Waals surface area contributed by atoms with Gasteiger partial charge in [0.05, 0.1) is 12.7 Å². The molecule has 5 nitrogen and oxygen atoms in total. The summed E-state index contributed by atoms with van der Waals surface area (Å²) in [6, 6.07) is 15.7. The number of nitrogens with one attached hydrogen (secondary N) is 1. The highest BCUT2D eigenvalue weighted by Gasteiger charge is 2.09. The standard InChI is InChI=1S/C16H15NO4/c1-20-15(18)13-8-5-9-14(10-13)21-16(19)17-11-12-6-3-2-4-7-12/h2-10H,11H2,1H3,(H,17,19). The molecule has 0 heterocycles. The fraction of sp³-hybridized carbons (Fsp3) is 0.125. The van der Waals surface area contributed by atoms with Crippen molar-refractivity contribution in [2.75, 3.05) is 7.11 Å². The lowest BCUT2D eigenvalue weighted by molar-refractivity contribution is 0.0600. The molecule has 1 amide bonds. The van der Waals surface area contributed by atoms with Crippen molar-refractivity contribution in [2.45, 2.75) is 6.54 Å². The summed E-state index contributed by atoms with van der Waals surface area (Å²) >= 11 is 0. The third kappa shape index (κ3) is 4.35. The lowest BCUT2D eigenvalue weighted by Gasteiger charge is -2.07. The van der Waals surface area contributed by atoms with Gasteiger partial charge in [0.1, 0.15) is 5.75 Å². The van der Waals surface area contributed by atoms with E-state index in [-0.39, 0.29) is 5.75 Å². The molecule has 0 bridgehead atoms. The van der Waals surface area contributed by atoms with Crippen LogP contribution < -0.4 is 10.1 Å². The lowest BCUT2D eigenvalue weighted by atomic mass is 10.2. The molecular formula is C16H15NO4. The number of rotatable bonds is 4. The number of hydrogen-bond acceptors (Lipinski definition) is 4. The maximum absolute atomic E-state index is 11.7. The van der Waals surface area contributed by atoms with Crippen LogP contribution in [0.1, 0.15) is 15.9 Å². The average Bonchev–Trinajstić information content (AvgIpc) is 2.53. The molecule has 108 valence electrons. The Morgan fingerprint density at radius 3 is 2.52 bits per heavy atom. The van der Waals surface area contributed by atoms with Gasteiger partial charge in [0.25, 0.3) is 0 Å². The predicted molar refractivity (Wildman–Crippen MR) is 77.1 cm³/mol. The van der Waals surface area contributed by atoms with E-state index >= 15 is 0 Å². The molecule has 0 aliphatic heterocycles. The van der Waals surface area contributed by atoms with Gasteiger partial charge >= 0.3 is 12.1 Å². The van der Waals surface area contributed by atoms with Crippen LogP contribution in [0.5, 0.6) is 5.75 Å². The van der Waals surface area contributed by atoms with Crippen LogP contribution in [-0.4, -0.2) is 19.2 Å². The summed E-state index contributed by atoms with van der Waals surface area (Å²) in [6.45, 7) is 0.371. The van der Waals surface area contributed by atoms with Gasteiger partial charge in [-0.05, 0) is 23.8 Å². The van der Waals surface area contributed by atoms with Crippen LogP contribution in [-0.2, 0) is 11.3 Å². The molecular weight excluding hydrogens is 270 g/mol. The molecule has 0 radical (unpaired) electrons. The van der Waals surface area contributed by atoms with Crippen molar-refractivity contribution in [1.29, 1.82) is 0 Å². The Balaban J connectivity index is 1.92. The maximum atomic E-state index is 11.7. The first-order valence-electron chi connectivity index (χ1n) is 6.37. The molecule has 2 aromatic rings. The van der Waals surface area contributed by atoms with Crippen molar-refractivity contribution in [3.05, 3.63) is 65.7 Å². The summed E-state index contributed by atoms with van der Waals surface area (Å²) in [4.78, 5) is 23.1. The third-order valence-electron chi connectivity index (χ3n) is 2.75. The SMILES string of the molecule is COC(=O)c1cccc(OC(=O)NCc2ccccc2)c1. The van der Waals surface area contributed by atoms with Gasteiger partial charge in [-0.3, -0.25) is 0 Å². The van der Waals surface area contributed by atoms with Gasteiger partial charge in [0, 0.05) is 6.54 Å². The molecule has 0 saturated carbocycles. The largest absolute Gasteiger partial charge is 0.465 e. The highest BCUT2D eigenvalue weighted by molar-refractivity contribution is 5.89. The van der Waals surface area contributed by atoms with Gasteiger partial charge in [-0.25, -0.2) is 9.59 Å². The third-order valence-corrected chi connectivity index (χ3v) is 2.75. The minimum absolute atomic E-state index is 0.281. The lowest BCUT2D eigenvalue weighted by Crippen LogP contribution is -2.26. The van der Waals surface area contributed by atoms with Gasteiger partial charge in [-0.15, -0.1) is 0 Å². The van der Waals surface area contributed by atoms with Crippen LogP contribution in [0.4, 0.5) is 4.79 Å². The summed E-state index contributed by atoms with van der Waals surface area (Å²) < 4.78 is 9.72. The van der Waals surface area contributed by atoms with E-state index in [9.17, 15) is 9.59 Å².